The van der Waals surface area contributed by atoms with Gasteiger partial charge in [-0.3, -0.25) is 5.32 Å². The van der Waals surface area contributed by atoms with Crippen LogP contribution in [-0.4, -0.2) is 64.2 Å². The van der Waals surface area contributed by atoms with Gasteiger partial charge in [0.15, 0.2) is 0 Å². The Morgan fingerprint density at radius 2 is 1.11 bits per heavy atom. The SMILES string of the molecule is CCCCCCCCCCCCCCCCN[C@@H]1O[C@H](CO)[C@H](O)[C@H](O)[C@H]1O. The number of ether oxygens (including phenoxy) is 1. The molecule has 5 N–H and O–H groups in total. The van der Waals surface area contributed by atoms with Gasteiger partial charge in [0.1, 0.15) is 30.6 Å². The monoisotopic (exact) mass is 403 g/mol. The highest BCUT2D eigenvalue weighted by Crippen LogP contribution is 2.20. The largest absolute Gasteiger partial charge is 0.394 e. The number of rotatable bonds is 17. The van der Waals surface area contributed by atoms with Crippen LogP contribution in [0.1, 0.15) is 96.8 Å². The van der Waals surface area contributed by atoms with Crippen LogP contribution >= 0.6 is 0 Å². The van der Waals surface area contributed by atoms with Crippen molar-refractivity contribution in [2.24, 2.45) is 0 Å². The lowest BCUT2D eigenvalue weighted by Gasteiger charge is -2.40. The fourth-order valence-corrected chi connectivity index (χ4v) is 3.83. The summed E-state index contributed by atoms with van der Waals surface area (Å²) < 4.78 is 5.43. The summed E-state index contributed by atoms with van der Waals surface area (Å²) in [5.41, 5.74) is 0. The number of unbranched alkanes of at least 4 members (excludes halogenated alkanes) is 13. The molecule has 1 fully saturated rings. The van der Waals surface area contributed by atoms with Gasteiger partial charge in [-0.15, -0.1) is 0 Å². The minimum Gasteiger partial charge on any atom is -0.394 e. The van der Waals surface area contributed by atoms with Crippen molar-refractivity contribution in [3.8, 4) is 0 Å². The molecular weight excluding hydrogens is 358 g/mol. The van der Waals surface area contributed by atoms with Crippen LogP contribution in [-0.2, 0) is 4.74 Å². The molecule has 1 aliphatic rings. The minimum absolute atomic E-state index is 0.387. The first kappa shape index (κ1) is 25.8. The van der Waals surface area contributed by atoms with Gasteiger partial charge in [0.2, 0.25) is 0 Å². The molecule has 0 unspecified atom stereocenters. The van der Waals surface area contributed by atoms with Crippen LogP contribution in [0, 0.1) is 0 Å². The van der Waals surface area contributed by atoms with E-state index in [9.17, 15) is 20.4 Å². The van der Waals surface area contributed by atoms with Crippen molar-refractivity contribution in [1.29, 1.82) is 0 Å². The predicted molar refractivity (Wildman–Crippen MR) is 112 cm³/mol. The summed E-state index contributed by atoms with van der Waals surface area (Å²) in [5.74, 6) is 0. The molecule has 0 aromatic rings. The Morgan fingerprint density at radius 1 is 0.643 bits per heavy atom. The van der Waals surface area contributed by atoms with E-state index in [0.29, 0.717) is 6.54 Å². The van der Waals surface area contributed by atoms with E-state index in [1.807, 2.05) is 0 Å². The summed E-state index contributed by atoms with van der Waals surface area (Å²) in [5, 5.41) is 41.7. The van der Waals surface area contributed by atoms with Crippen molar-refractivity contribution in [1.82, 2.24) is 5.32 Å². The smallest absolute Gasteiger partial charge is 0.137 e. The van der Waals surface area contributed by atoms with E-state index in [1.165, 1.54) is 77.0 Å². The summed E-state index contributed by atoms with van der Waals surface area (Å²) in [6.07, 6.45) is 12.9. The summed E-state index contributed by atoms with van der Waals surface area (Å²) in [6.45, 7) is 2.55. The molecule has 0 aromatic carbocycles. The first-order valence-corrected chi connectivity index (χ1v) is 11.7. The third kappa shape index (κ3) is 10.5. The van der Waals surface area contributed by atoms with E-state index in [4.69, 9.17) is 4.74 Å². The van der Waals surface area contributed by atoms with Gasteiger partial charge in [-0.05, 0) is 13.0 Å². The number of nitrogens with one attached hydrogen (secondary N) is 1. The van der Waals surface area contributed by atoms with Crippen LogP contribution < -0.4 is 5.32 Å². The Morgan fingerprint density at radius 3 is 1.57 bits per heavy atom. The molecule has 0 bridgehead atoms. The van der Waals surface area contributed by atoms with Crippen molar-refractivity contribution >= 4 is 0 Å². The van der Waals surface area contributed by atoms with E-state index in [1.54, 1.807) is 0 Å². The average Bonchev–Trinajstić information content (AvgIpc) is 2.70. The molecule has 6 heteroatoms. The van der Waals surface area contributed by atoms with Gasteiger partial charge < -0.3 is 25.2 Å². The molecule has 0 spiro atoms. The van der Waals surface area contributed by atoms with E-state index in [-0.39, 0.29) is 6.61 Å². The highest BCUT2D eigenvalue weighted by Gasteiger charge is 2.42. The summed E-state index contributed by atoms with van der Waals surface area (Å²) >= 11 is 0. The standard InChI is InChI=1S/C22H45NO5/c1-2-3-4-5-6-7-8-9-10-11-12-13-14-15-16-23-22-21(27)20(26)19(25)18(17-24)28-22/h18-27H,2-17H2,1H3/t18-,19+,20+,21-,22-/m1/s1. The van der Waals surface area contributed by atoms with Crippen molar-refractivity contribution < 1.29 is 25.2 Å². The third-order valence-electron chi connectivity index (χ3n) is 5.77. The Kier molecular flexibility index (Phi) is 15.2. The molecule has 168 valence electrons. The number of hydrogen-bond donors (Lipinski definition) is 5. The van der Waals surface area contributed by atoms with Crippen molar-refractivity contribution in [2.75, 3.05) is 13.2 Å². The Hall–Kier alpha value is -0.240. The van der Waals surface area contributed by atoms with E-state index in [0.717, 1.165) is 12.8 Å². The molecule has 1 aliphatic heterocycles. The summed E-state index contributed by atoms with van der Waals surface area (Å²) in [7, 11) is 0. The first-order chi connectivity index (χ1) is 13.6. The molecule has 1 rings (SSSR count). The molecule has 0 aromatic heterocycles. The fraction of sp³-hybridized carbons (Fsp3) is 1.00. The molecule has 0 radical (unpaired) electrons. The normalized spacial score (nSPS) is 28.0. The lowest BCUT2D eigenvalue weighted by Crippen LogP contribution is -2.62. The van der Waals surface area contributed by atoms with Gasteiger partial charge in [-0.1, -0.05) is 90.4 Å². The molecular formula is C22H45NO5. The zero-order valence-electron chi connectivity index (χ0n) is 17.9. The first-order valence-electron chi connectivity index (χ1n) is 11.7. The molecule has 0 saturated carbocycles. The number of hydrogen-bond acceptors (Lipinski definition) is 6. The van der Waals surface area contributed by atoms with Gasteiger partial charge in [-0.25, -0.2) is 0 Å². The van der Waals surface area contributed by atoms with Gasteiger partial charge in [0.25, 0.3) is 0 Å². The van der Waals surface area contributed by atoms with Crippen LogP contribution in [0.25, 0.3) is 0 Å². The Labute approximate surface area is 171 Å². The zero-order chi connectivity index (χ0) is 20.6. The minimum atomic E-state index is -1.31. The number of aliphatic hydroxyl groups excluding tert-OH is 4. The quantitative estimate of drug-likeness (QED) is 0.239. The molecule has 0 aliphatic carbocycles. The lowest BCUT2D eigenvalue weighted by atomic mass is 9.98. The van der Waals surface area contributed by atoms with E-state index >= 15 is 0 Å². The average molecular weight is 404 g/mol. The lowest BCUT2D eigenvalue weighted by molar-refractivity contribution is -0.236. The van der Waals surface area contributed by atoms with Crippen molar-refractivity contribution in [2.45, 2.75) is 127 Å². The van der Waals surface area contributed by atoms with Gasteiger partial charge >= 0.3 is 0 Å². The molecule has 6 nitrogen and oxygen atoms in total. The van der Waals surface area contributed by atoms with E-state index in [2.05, 4.69) is 12.2 Å². The Balaban J connectivity index is 1.90. The number of aliphatic hydroxyl groups is 4. The zero-order valence-corrected chi connectivity index (χ0v) is 17.9. The summed E-state index contributed by atoms with van der Waals surface area (Å²) in [6, 6.07) is 0. The summed E-state index contributed by atoms with van der Waals surface area (Å²) in [4.78, 5) is 0. The second kappa shape index (κ2) is 16.5. The maximum atomic E-state index is 9.96. The van der Waals surface area contributed by atoms with Gasteiger partial charge in [0, 0.05) is 0 Å². The molecule has 1 saturated heterocycles. The second-order valence-electron chi connectivity index (χ2n) is 8.30. The highest BCUT2D eigenvalue weighted by atomic mass is 16.6. The fourth-order valence-electron chi connectivity index (χ4n) is 3.83. The molecule has 0 amide bonds. The third-order valence-corrected chi connectivity index (χ3v) is 5.77. The van der Waals surface area contributed by atoms with E-state index < -0.39 is 30.6 Å². The van der Waals surface area contributed by atoms with Crippen LogP contribution in [0.4, 0.5) is 0 Å². The Bertz CT molecular complexity index is 356. The van der Waals surface area contributed by atoms with Crippen LogP contribution in [0.15, 0.2) is 0 Å². The van der Waals surface area contributed by atoms with Crippen LogP contribution in [0.5, 0.6) is 0 Å². The maximum absolute atomic E-state index is 9.96. The van der Waals surface area contributed by atoms with Crippen molar-refractivity contribution in [3.63, 3.8) is 0 Å². The second-order valence-corrected chi connectivity index (χ2v) is 8.30. The molecule has 28 heavy (non-hydrogen) atoms. The topological polar surface area (TPSA) is 102 Å². The predicted octanol–water partition coefficient (Wildman–Crippen LogP) is 2.86. The van der Waals surface area contributed by atoms with Crippen LogP contribution in [0.3, 0.4) is 0 Å². The maximum Gasteiger partial charge on any atom is 0.137 e. The van der Waals surface area contributed by atoms with Gasteiger partial charge in [0.05, 0.1) is 6.61 Å². The van der Waals surface area contributed by atoms with Gasteiger partial charge in [-0.2, -0.15) is 0 Å². The molecule has 5 atom stereocenters. The molecule has 1 heterocycles. The van der Waals surface area contributed by atoms with Crippen molar-refractivity contribution in [3.05, 3.63) is 0 Å². The van der Waals surface area contributed by atoms with Crippen LogP contribution in [0.2, 0.25) is 0 Å². The highest BCUT2D eigenvalue weighted by molar-refractivity contribution is 4.90.